The van der Waals surface area contributed by atoms with Gasteiger partial charge in [-0.2, -0.15) is 0 Å². The molecule has 1 aliphatic heterocycles. The van der Waals surface area contributed by atoms with Crippen LogP contribution in [0.4, 0.5) is 0 Å². The molecular formula is C26H34N6O3. The minimum absolute atomic E-state index is 0.00923. The number of benzene rings is 1. The molecule has 3 N–H and O–H groups in total. The van der Waals surface area contributed by atoms with Crippen LogP contribution in [0.3, 0.4) is 0 Å². The quantitative estimate of drug-likeness (QED) is 0.365. The Morgan fingerprint density at radius 2 is 2.03 bits per heavy atom. The standard InChI is InChI=1S/C26H34N6O3/c1-27-23(33)12-6-4-5-11-21(30-25(34)18-15-32(2)16-18)24-28-14-22(29-24)19-13-17-9-7-8-10-20(17)31-26(19)35-3/h7-10,13-14,18,21H,4-6,11-12,15-16H2,1-3H3,(H,27,33)(H,28,29)(H,30,34). The van der Waals surface area contributed by atoms with Crippen molar-refractivity contribution in [1.29, 1.82) is 0 Å². The number of nitrogens with one attached hydrogen (secondary N) is 3. The Morgan fingerprint density at radius 1 is 1.23 bits per heavy atom. The molecule has 1 aliphatic rings. The Kier molecular flexibility index (Phi) is 7.97. The number of hydrogen-bond acceptors (Lipinski definition) is 6. The summed E-state index contributed by atoms with van der Waals surface area (Å²) in [6, 6.07) is 9.70. The van der Waals surface area contributed by atoms with Crippen LogP contribution in [0.25, 0.3) is 22.2 Å². The van der Waals surface area contributed by atoms with Gasteiger partial charge in [0.05, 0.1) is 42.0 Å². The second kappa shape index (κ2) is 11.3. The topological polar surface area (TPSA) is 112 Å². The predicted octanol–water partition coefficient (Wildman–Crippen LogP) is 3.05. The molecule has 3 aromatic rings. The van der Waals surface area contributed by atoms with Crippen LogP contribution in [-0.2, 0) is 9.59 Å². The molecule has 0 bridgehead atoms. The van der Waals surface area contributed by atoms with Gasteiger partial charge in [-0.3, -0.25) is 9.59 Å². The lowest BCUT2D eigenvalue weighted by atomic mass is 9.99. The van der Waals surface area contributed by atoms with Gasteiger partial charge in [-0.25, -0.2) is 9.97 Å². The maximum absolute atomic E-state index is 12.8. The number of hydrogen-bond donors (Lipinski definition) is 3. The van der Waals surface area contributed by atoms with Crippen molar-refractivity contribution in [3.63, 3.8) is 0 Å². The van der Waals surface area contributed by atoms with E-state index in [1.807, 2.05) is 37.4 Å². The molecule has 0 spiro atoms. The monoisotopic (exact) mass is 478 g/mol. The van der Waals surface area contributed by atoms with Crippen LogP contribution < -0.4 is 15.4 Å². The molecule has 1 aromatic carbocycles. The number of aromatic nitrogens is 3. The van der Waals surface area contributed by atoms with E-state index in [1.165, 1.54) is 0 Å². The van der Waals surface area contributed by atoms with Crippen molar-refractivity contribution in [3.8, 4) is 17.1 Å². The van der Waals surface area contributed by atoms with E-state index in [4.69, 9.17) is 4.74 Å². The number of rotatable bonds is 11. The minimum atomic E-state index is -0.235. The summed E-state index contributed by atoms with van der Waals surface area (Å²) in [4.78, 5) is 39.1. The maximum Gasteiger partial charge on any atom is 0.226 e. The zero-order valence-electron chi connectivity index (χ0n) is 20.6. The Bertz CT molecular complexity index is 1170. The molecular weight excluding hydrogens is 444 g/mol. The van der Waals surface area contributed by atoms with Gasteiger partial charge in [0.15, 0.2) is 0 Å². The van der Waals surface area contributed by atoms with E-state index in [-0.39, 0.29) is 23.8 Å². The number of fused-ring (bicyclic) bond motifs is 1. The highest BCUT2D eigenvalue weighted by atomic mass is 16.5. The first kappa shape index (κ1) is 24.7. The highest BCUT2D eigenvalue weighted by Crippen LogP contribution is 2.31. The van der Waals surface area contributed by atoms with Crippen LogP contribution >= 0.6 is 0 Å². The number of unbranched alkanes of at least 4 members (excludes halogenated alkanes) is 2. The largest absolute Gasteiger partial charge is 0.480 e. The number of likely N-dealkylation sites (tertiary alicyclic amines) is 1. The van der Waals surface area contributed by atoms with Crippen molar-refractivity contribution in [2.75, 3.05) is 34.3 Å². The highest BCUT2D eigenvalue weighted by Gasteiger charge is 2.32. The number of nitrogens with zero attached hydrogens (tertiary/aromatic N) is 3. The van der Waals surface area contributed by atoms with Crippen molar-refractivity contribution in [2.45, 2.75) is 38.1 Å². The van der Waals surface area contributed by atoms with Gasteiger partial charge in [-0.1, -0.05) is 31.0 Å². The molecule has 3 heterocycles. The van der Waals surface area contributed by atoms with E-state index in [0.29, 0.717) is 18.1 Å². The number of ether oxygens (including phenoxy) is 1. The molecule has 1 unspecified atom stereocenters. The molecule has 0 radical (unpaired) electrons. The van der Waals surface area contributed by atoms with Gasteiger partial charge in [-0.05, 0) is 32.0 Å². The van der Waals surface area contributed by atoms with E-state index in [9.17, 15) is 9.59 Å². The summed E-state index contributed by atoms with van der Waals surface area (Å²) in [5, 5.41) is 6.87. The number of H-pyrrole nitrogens is 1. The average Bonchev–Trinajstić information content (AvgIpc) is 3.34. The zero-order valence-corrected chi connectivity index (χ0v) is 20.6. The summed E-state index contributed by atoms with van der Waals surface area (Å²) < 4.78 is 5.56. The van der Waals surface area contributed by atoms with Crippen LogP contribution in [0.2, 0.25) is 0 Å². The third-order valence-electron chi connectivity index (χ3n) is 6.52. The number of carbonyl (C=O) groups is 2. The number of aromatic amines is 1. The predicted molar refractivity (Wildman–Crippen MR) is 135 cm³/mol. The number of methoxy groups -OCH3 is 1. The Morgan fingerprint density at radius 3 is 2.77 bits per heavy atom. The maximum atomic E-state index is 12.8. The zero-order chi connectivity index (χ0) is 24.8. The molecule has 1 saturated heterocycles. The molecule has 186 valence electrons. The van der Waals surface area contributed by atoms with Crippen molar-refractivity contribution >= 4 is 22.7 Å². The number of imidazole rings is 1. The first-order valence-electron chi connectivity index (χ1n) is 12.2. The summed E-state index contributed by atoms with van der Waals surface area (Å²) >= 11 is 0. The summed E-state index contributed by atoms with van der Waals surface area (Å²) in [6.07, 6.45) is 5.62. The molecule has 2 aromatic heterocycles. The molecule has 9 nitrogen and oxygen atoms in total. The van der Waals surface area contributed by atoms with Crippen LogP contribution in [0.1, 0.15) is 44.0 Å². The van der Waals surface area contributed by atoms with Gasteiger partial charge < -0.3 is 25.3 Å². The Hall–Kier alpha value is -3.46. The van der Waals surface area contributed by atoms with Gasteiger partial charge in [0.25, 0.3) is 0 Å². The average molecular weight is 479 g/mol. The van der Waals surface area contributed by atoms with Crippen molar-refractivity contribution in [1.82, 2.24) is 30.5 Å². The van der Waals surface area contributed by atoms with Gasteiger partial charge >= 0.3 is 0 Å². The third-order valence-corrected chi connectivity index (χ3v) is 6.52. The normalized spacial score (nSPS) is 14.9. The number of carbonyl (C=O) groups excluding carboxylic acids is 2. The number of para-hydroxylation sites is 1. The first-order chi connectivity index (χ1) is 17.0. The second-order valence-electron chi connectivity index (χ2n) is 9.17. The summed E-state index contributed by atoms with van der Waals surface area (Å²) in [6.45, 7) is 1.54. The molecule has 1 atom stereocenters. The van der Waals surface area contributed by atoms with Crippen molar-refractivity contribution in [3.05, 3.63) is 42.4 Å². The van der Waals surface area contributed by atoms with Crippen LogP contribution in [0.5, 0.6) is 5.88 Å². The molecule has 0 saturated carbocycles. The Labute approximate surface area is 205 Å². The molecule has 35 heavy (non-hydrogen) atoms. The summed E-state index contributed by atoms with van der Waals surface area (Å²) in [5.41, 5.74) is 2.47. The van der Waals surface area contributed by atoms with Crippen LogP contribution in [0.15, 0.2) is 36.5 Å². The summed E-state index contributed by atoms with van der Waals surface area (Å²) in [7, 11) is 5.27. The lowest BCUT2D eigenvalue weighted by Gasteiger charge is -2.35. The Balaban J connectivity index is 1.51. The van der Waals surface area contributed by atoms with E-state index in [2.05, 4.69) is 30.5 Å². The van der Waals surface area contributed by atoms with E-state index < -0.39 is 0 Å². The summed E-state index contributed by atoms with van der Waals surface area (Å²) in [5.74, 6) is 1.35. The van der Waals surface area contributed by atoms with Gasteiger partial charge in [0, 0.05) is 31.9 Å². The van der Waals surface area contributed by atoms with Gasteiger partial charge in [0.1, 0.15) is 5.82 Å². The smallest absolute Gasteiger partial charge is 0.226 e. The third kappa shape index (κ3) is 5.97. The SMILES string of the molecule is CNC(=O)CCCCCC(NC(=O)C1CN(C)C1)c1ncc(-c2cc3ccccc3nc2OC)[nH]1. The first-order valence-corrected chi connectivity index (χ1v) is 12.2. The van der Waals surface area contributed by atoms with Gasteiger partial charge in [0.2, 0.25) is 17.7 Å². The fourth-order valence-corrected chi connectivity index (χ4v) is 4.46. The fourth-order valence-electron chi connectivity index (χ4n) is 4.46. The van der Waals surface area contributed by atoms with Crippen LogP contribution in [-0.4, -0.2) is 66.0 Å². The molecule has 4 rings (SSSR count). The van der Waals surface area contributed by atoms with E-state index in [1.54, 1.807) is 20.4 Å². The lowest BCUT2D eigenvalue weighted by Crippen LogP contribution is -2.52. The number of amides is 2. The molecule has 9 heteroatoms. The van der Waals surface area contributed by atoms with Gasteiger partial charge in [-0.15, -0.1) is 0 Å². The van der Waals surface area contributed by atoms with Crippen LogP contribution in [0, 0.1) is 5.92 Å². The van der Waals surface area contributed by atoms with E-state index in [0.717, 1.165) is 60.9 Å². The fraction of sp³-hybridized carbons (Fsp3) is 0.462. The lowest BCUT2D eigenvalue weighted by molar-refractivity contribution is -0.130. The highest BCUT2D eigenvalue weighted by molar-refractivity contribution is 5.85. The minimum Gasteiger partial charge on any atom is -0.480 e. The molecule has 2 amide bonds. The number of pyridine rings is 1. The van der Waals surface area contributed by atoms with Crippen molar-refractivity contribution < 1.29 is 14.3 Å². The van der Waals surface area contributed by atoms with Crippen molar-refractivity contribution in [2.24, 2.45) is 5.92 Å². The molecule has 0 aliphatic carbocycles. The second-order valence-corrected chi connectivity index (χ2v) is 9.17. The van der Waals surface area contributed by atoms with E-state index >= 15 is 0 Å². The molecule has 1 fully saturated rings.